The first-order chi connectivity index (χ1) is 13.6. The van der Waals surface area contributed by atoms with Crippen molar-refractivity contribution in [3.05, 3.63) is 0 Å². The van der Waals surface area contributed by atoms with E-state index in [1.54, 1.807) is 0 Å². The zero-order valence-electron chi connectivity index (χ0n) is 22.2. The summed E-state index contributed by atoms with van der Waals surface area (Å²) in [6, 6.07) is 0. The molecule has 0 saturated carbocycles. The van der Waals surface area contributed by atoms with Gasteiger partial charge in [0.15, 0.2) is 0 Å². The third-order valence-electron chi connectivity index (χ3n) is 8.17. The van der Waals surface area contributed by atoms with E-state index in [1.165, 1.54) is 116 Å². The van der Waals surface area contributed by atoms with Crippen LogP contribution in [0.3, 0.4) is 0 Å². The fourth-order valence-corrected chi connectivity index (χ4v) is 4.42. The molecule has 0 aromatic heterocycles. The molecule has 0 fully saturated rings. The first kappa shape index (κ1) is 29.0. The van der Waals surface area contributed by atoms with Crippen LogP contribution < -0.4 is 0 Å². The van der Waals surface area contributed by atoms with Gasteiger partial charge in [-0.25, -0.2) is 0 Å². The quantitative estimate of drug-likeness (QED) is 0.147. The van der Waals surface area contributed by atoms with Crippen molar-refractivity contribution >= 4 is 0 Å². The van der Waals surface area contributed by atoms with Crippen LogP contribution in [0.1, 0.15) is 151 Å². The number of rotatable bonds is 19. The Morgan fingerprint density at radius 2 is 0.724 bits per heavy atom. The van der Waals surface area contributed by atoms with Crippen LogP contribution in [0.2, 0.25) is 0 Å². The highest BCUT2D eigenvalue weighted by Crippen LogP contribution is 2.38. The Hall–Kier alpha value is -0.0400. The van der Waals surface area contributed by atoms with Crippen molar-refractivity contribution in [2.75, 3.05) is 20.6 Å². The highest BCUT2D eigenvalue weighted by molar-refractivity contribution is 4.84. The lowest BCUT2D eigenvalue weighted by Crippen LogP contribution is -2.62. The second kappa shape index (κ2) is 15.7. The molecule has 0 bridgehead atoms. The zero-order chi connectivity index (χ0) is 22.2. The smallest absolute Gasteiger partial charge is 0.0980 e. The summed E-state index contributed by atoms with van der Waals surface area (Å²) in [6.45, 7) is 15.7. The number of unbranched alkanes of at least 4 members (excludes halogenated alkanes) is 16. The normalized spacial score (nSPS) is 13.2. The molecule has 0 heterocycles. The summed E-state index contributed by atoms with van der Waals surface area (Å²) in [4.78, 5) is 0. The molecule has 0 aliphatic rings. The van der Waals surface area contributed by atoms with Crippen LogP contribution in [0.4, 0.5) is 0 Å². The van der Waals surface area contributed by atoms with Crippen molar-refractivity contribution in [2.45, 2.75) is 156 Å². The fourth-order valence-electron chi connectivity index (χ4n) is 4.42. The van der Waals surface area contributed by atoms with Gasteiger partial charge in [-0.05, 0) is 26.7 Å². The van der Waals surface area contributed by atoms with Gasteiger partial charge in [0.05, 0.1) is 26.2 Å². The van der Waals surface area contributed by atoms with E-state index in [2.05, 4.69) is 55.6 Å². The Morgan fingerprint density at radius 3 is 1.00 bits per heavy atom. The average Bonchev–Trinajstić information content (AvgIpc) is 2.63. The second-order valence-corrected chi connectivity index (χ2v) is 11.9. The van der Waals surface area contributed by atoms with Gasteiger partial charge in [0.2, 0.25) is 0 Å². The molecule has 0 aromatic carbocycles. The molecule has 0 amide bonds. The van der Waals surface area contributed by atoms with Crippen LogP contribution in [0.25, 0.3) is 0 Å². The first-order valence-electron chi connectivity index (χ1n) is 13.4. The molecule has 0 radical (unpaired) electrons. The summed E-state index contributed by atoms with van der Waals surface area (Å²) in [7, 11) is 4.86. The van der Waals surface area contributed by atoms with Crippen LogP contribution in [0.15, 0.2) is 0 Å². The molecule has 1 nitrogen and oxygen atoms in total. The zero-order valence-corrected chi connectivity index (χ0v) is 22.2. The predicted molar refractivity (Wildman–Crippen MR) is 135 cm³/mol. The van der Waals surface area contributed by atoms with Gasteiger partial charge in [-0.15, -0.1) is 0 Å². The molecule has 0 rings (SSSR count). The second-order valence-electron chi connectivity index (χ2n) is 11.9. The highest BCUT2D eigenvalue weighted by atomic mass is 15.4. The largest absolute Gasteiger partial charge is 0.324 e. The third-order valence-corrected chi connectivity index (χ3v) is 8.17. The third kappa shape index (κ3) is 13.1. The molecular weight excluding hydrogens is 350 g/mol. The molecule has 0 aliphatic heterocycles. The topological polar surface area (TPSA) is 0 Å². The van der Waals surface area contributed by atoms with Crippen LogP contribution in [-0.2, 0) is 0 Å². The van der Waals surface area contributed by atoms with E-state index >= 15 is 0 Å². The SMILES string of the molecule is CCCCCCCCCCCCCCCCCCC[N+](C)(C)C(C)(C)C(C)(C)C. The number of hydrogen-bond acceptors (Lipinski definition) is 0. The van der Waals surface area contributed by atoms with E-state index in [4.69, 9.17) is 0 Å². The van der Waals surface area contributed by atoms with Crippen molar-refractivity contribution in [2.24, 2.45) is 5.41 Å². The maximum Gasteiger partial charge on any atom is 0.0980 e. The van der Waals surface area contributed by atoms with Crippen LogP contribution in [0.5, 0.6) is 0 Å². The highest BCUT2D eigenvalue weighted by Gasteiger charge is 2.45. The van der Waals surface area contributed by atoms with E-state index in [0.717, 1.165) is 4.48 Å². The van der Waals surface area contributed by atoms with Gasteiger partial charge in [-0.1, -0.05) is 124 Å². The summed E-state index contributed by atoms with van der Waals surface area (Å²) < 4.78 is 1.13. The molecule has 0 atom stereocenters. The predicted octanol–water partition coefficient (Wildman–Crippen LogP) is 9.54. The Balaban J connectivity index is 3.46. The lowest BCUT2D eigenvalue weighted by atomic mass is 9.74. The molecule has 0 aromatic rings. The number of nitrogens with zero attached hydrogens (tertiary/aromatic N) is 1. The van der Waals surface area contributed by atoms with Crippen molar-refractivity contribution in [3.8, 4) is 0 Å². The van der Waals surface area contributed by atoms with E-state index in [9.17, 15) is 0 Å². The standard InChI is InChI=1S/C28H60N/c1-9-10-11-12-13-14-15-16-17-18-19-20-21-22-23-24-25-26-29(7,8)28(5,6)27(2,3)4/h9-26H2,1-8H3/q+1. The van der Waals surface area contributed by atoms with Gasteiger partial charge in [0.1, 0.15) is 0 Å². The van der Waals surface area contributed by atoms with Crippen LogP contribution in [-0.4, -0.2) is 30.7 Å². The molecule has 29 heavy (non-hydrogen) atoms. The van der Waals surface area contributed by atoms with E-state index < -0.39 is 0 Å². The minimum absolute atomic E-state index is 0.308. The minimum atomic E-state index is 0.308. The molecule has 0 N–H and O–H groups in total. The summed E-state index contributed by atoms with van der Waals surface area (Å²) in [6.07, 6.45) is 24.7. The van der Waals surface area contributed by atoms with Gasteiger partial charge in [-0.3, -0.25) is 0 Å². The molecule has 176 valence electrons. The van der Waals surface area contributed by atoms with Crippen LogP contribution in [0, 0.1) is 5.41 Å². The van der Waals surface area contributed by atoms with E-state index in [0.29, 0.717) is 11.0 Å². The number of hydrogen-bond donors (Lipinski definition) is 0. The fraction of sp³-hybridized carbons (Fsp3) is 1.00. The van der Waals surface area contributed by atoms with Gasteiger partial charge in [0, 0.05) is 5.41 Å². The van der Waals surface area contributed by atoms with E-state index in [1.807, 2.05) is 0 Å². The van der Waals surface area contributed by atoms with Crippen molar-refractivity contribution in [1.29, 1.82) is 0 Å². The summed E-state index contributed by atoms with van der Waals surface area (Å²) in [5.74, 6) is 0. The van der Waals surface area contributed by atoms with Gasteiger partial charge in [-0.2, -0.15) is 0 Å². The Labute approximate surface area is 187 Å². The average molecular weight is 411 g/mol. The summed E-state index contributed by atoms with van der Waals surface area (Å²) in [5.41, 5.74) is 0.646. The first-order valence-corrected chi connectivity index (χ1v) is 13.4. The molecule has 0 spiro atoms. The van der Waals surface area contributed by atoms with Crippen LogP contribution >= 0.6 is 0 Å². The molecule has 0 aliphatic carbocycles. The minimum Gasteiger partial charge on any atom is -0.324 e. The molecule has 0 saturated heterocycles. The maximum absolute atomic E-state index is 2.45. The summed E-state index contributed by atoms with van der Waals surface area (Å²) in [5, 5.41) is 0. The van der Waals surface area contributed by atoms with Crippen molar-refractivity contribution in [3.63, 3.8) is 0 Å². The summed E-state index contributed by atoms with van der Waals surface area (Å²) >= 11 is 0. The lowest BCUT2D eigenvalue weighted by Gasteiger charge is -2.52. The Morgan fingerprint density at radius 1 is 0.448 bits per heavy atom. The molecule has 1 heteroatoms. The monoisotopic (exact) mass is 410 g/mol. The van der Waals surface area contributed by atoms with Gasteiger partial charge < -0.3 is 4.48 Å². The maximum atomic E-state index is 2.45. The van der Waals surface area contributed by atoms with Gasteiger partial charge >= 0.3 is 0 Å². The van der Waals surface area contributed by atoms with Crippen molar-refractivity contribution in [1.82, 2.24) is 0 Å². The Bertz CT molecular complexity index is 361. The van der Waals surface area contributed by atoms with Crippen molar-refractivity contribution < 1.29 is 4.48 Å². The molecule has 0 unspecified atom stereocenters. The van der Waals surface area contributed by atoms with E-state index in [-0.39, 0.29) is 0 Å². The van der Waals surface area contributed by atoms with Gasteiger partial charge in [0.25, 0.3) is 0 Å². The Kier molecular flexibility index (Phi) is 15.7. The number of quaternary nitrogens is 1. The lowest BCUT2D eigenvalue weighted by molar-refractivity contribution is -0.946. The molecular formula is C28H60N+.